The molecule has 1 aromatic rings. The number of alkyl halides is 2. The van der Waals surface area contributed by atoms with Crippen LogP contribution in [0.5, 0.6) is 0 Å². The van der Waals surface area contributed by atoms with Gasteiger partial charge in [0.05, 0.1) is 5.38 Å². The van der Waals surface area contributed by atoms with Crippen LogP contribution < -0.4 is 0 Å². The molecule has 0 radical (unpaired) electrons. The van der Waals surface area contributed by atoms with E-state index in [9.17, 15) is 0 Å². The molecule has 0 saturated heterocycles. The van der Waals surface area contributed by atoms with E-state index in [0.717, 1.165) is 5.33 Å². The lowest BCUT2D eigenvalue weighted by Gasteiger charge is -1.95. The van der Waals surface area contributed by atoms with E-state index < -0.39 is 0 Å². The second kappa shape index (κ2) is 5.39. The van der Waals surface area contributed by atoms with Crippen molar-refractivity contribution in [3.63, 3.8) is 0 Å². The van der Waals surface area contributed by atoms with Crippen LogP contribution >= 0.6 is 27.5 Å². The fourth-order valence-electron chi connectivity index (χ4n) is 0.831. The summed E-state index contributed by atoms with van der Waals surface area (Å²) in [5.41, 5.74) is 1.18. The minimum Gasteiger partial charge on any atom is -0.118 e. The Balaban J connectivity index is 2.58. The van der Waals surface area contributed by atoms with Gasteiger partial charge in [-0.3, -0.25) is 0 Å². The Morgan fingerprint density at radius 2 is 2.00 bits per heavy atom. The molecule has 0 aliphatic carbocycles. The Labute approximate surface area is 86.4 Å². The molecule has 1 aromatic carbocycles. The summed E-state index contributed by atoms with van der Waals surface area (Å²) in [7, 11) is 0. The Kier molecular flexibility index (Phi) is 4.41. The third-order valence-electron chi connectivity index (χ3n) is 1.44. The van der Waals surface area contributed by atoms with E-state index in [1.807, 2.05) is 42.5 Å². The molecule has 0 saturated carbocycles. The highest BCUT2D eigenvalue weighted by Crippen LogP contribution is 2.06. The number of rotatable bonds is 3. The molecule has 12 heavy (non-hydrogen) atoms. The zero-order valence-electron chi connectivity index (χ0n) is 6.58. The van der Waals surface area contributed by atoms with Gasteiger partial charge in [-0.2, -0.15) is 0 Å². The lowest BCUT2D eigenvalue weighted by molar-refractivity contribution is 1.28. The van der Waals surface area contributed by atoms with Crippen LogP contribution in [-0.4, -0.2) is 10.7 Å². The molecule has 0 aliphatic rings. The SMILES string of the molecule is ClC(C=Cc1ccccc1)CBr. The second-order valence-corrected chi connectivity index (χ2v) is 3.65. The van der Waals surface area contributed by atoms with Gasteiger partial charge in [-0.25, -0.2) is 0 Å². The van der Waals surface area contributed by atoms with Crippen molar-refractivity contribution >= 4 is 33.6 Å². The second-order valence-electron chi connectivity index (χ2n) is 2.44. The van der Waals surface area contributed by atoms with Gasteiger partial charge in [-0.15, -0.1) is 11.6 Å². The number of halogens is 2. The minimum atomic E-state index is 0.0743. The van der Waals surface area contributed by atoms with Crippen molar-refractivity contribution in [1.29, 1.82) is 0 Å². The largest absolute Gasteiger partial charge is 0.118 e. The third kappa shape index (κ3) is 3.42. The van der Waals surface area contributed by atoms with E-state index in [0.29, 0.717) is 0 Å². The molecular formula is C10H10BrCl. The van der Waals surface area contributed by atoms with Crippen molar-refractivity contribution in [1.82, 2.24) is 0 Å². The van der Waals surface area contributed by atoms with Crippen LogP contribution in [0.4, 0.5) is 0 Å². The van der Waals surface area contributed by atoms with Gasteiger partial charge in [0.15, 0.2) is 0 Å². The maximum Gasteiger partial charge on any atom is 0.0616 e. The topological polar surface area (TPSA) is 0 Å². The molecule has 0 aliphatic heterocycles. The summed E-state index contributed by atoms with van der Waals surface area (Å²) in [6, 6.07) is 10.1. The third-order valence-corrected chi connectivity index (χ3v) is 2.81. The van der Waals surface area contributed by atoms with Crippen molar-refractivity contribution in [2.75, 3.05) is 5.33 Å². The molecule has 1 rings (SSSR count). The van der Waals surface area contributed by atoms with Crippen molar-refractivity contribution in [2.24, 2.45) is 0 Å². The van der Waals surface area contributed by atoms with Gasteiger partial charge in [0, 0.05) is 5.33 Å². The van der Waals surface area contributed by atoms with Crippen LogP contribution in [0.15, 0.2) is 36.4 Å². The summed E-state index contributed by atoms with van der Waals surface area (Å²) >= 11 is 9.19. The van der Waals surface area contributed by atoms with E-state index in [2.05, 4.69) is 15.9 Å². The molecule has 2 heteroatoms. The number of hydrogen-bond acceptors (Lipinski definition) is 0. The first kappa shape index (κ1) is 9.82. The van der Waals surface area contributed by atoms with Crippen molar-refractivity contribution in [2.45, 2.75) is 5.38 Å². The van der Waals surface area contributed by atoms with Crippen LogP contribution in [0.1, 0.15) is 5.56 Å². The molecule has 0 heterocycles. The van der Waals surface area contributed by atoms with Crippen LogP contribution in [0.2, 0.25) is 0 Å². The highest BCUT2D eigenvalue weighted by molar-refractivity contribution is 9.09. The number of benzene rings is 1. The summed E-state index contributed by atoms with van der Waals surface area (Å²) in [6.07, 6.45) is 4.00. The normalized spacial score (nSPS) is 13.5. The maximum atomic E-state index is 5.88. The highest BCUT2D eigenvalue weighted by Gasteiger charge is 1.93. The van der Waals surface area contributed by atoms with Crippen LogP contribution in [0, 0.1) is 0 Å². The van der Waals surface area contributed by atoms with Gasteiger partial charge in [-0.1, -0.05) is 58.4 Å². The molecule has 64 valence electrons. The summed E-state index contributed by atoms with van der Waals surface area (Å²) < 4.78 is 0. The molecule has 0 nitrogen and oxygen atoms in total. The summed E-state index contributed by atoms with van der Waals surface area (Å²) in [4.78, 5) is 0. The zero-order valence-corrected chi connectivity index (χ0v) is 8.92. The predicted octanol–water partition coefficient (Wildman–Crippen LogP) is 3.70. The average molecular weight is 246 g/mol. The standard InChI is InChI=1S/C10H10BrCl/c11-8-10(12)7-6-9-4-2-1-3-5-9/h1-7,10H,8H2. The van der Waals surface area contributed by atoms with Gasteiger partial charge < -0.3 is 0 Å². The molecular weight excluding hydrogens is 235 g/mol. The van der Waals surface area contributed by atoms with E-state index in [-0.39, 0.29) is 5.38 Å². The van der Waals surface area contributed by atoms with Gasteiger partial charge in [0.25, 0.3) is 0 Å². The van der Waals surface area contributed by atoms with Crippen molar-refractivity contribution in [3.05, 3.63) is 42.0 Å². The smallest absolute Gasteiger partial charge is 0.0616 e. The van der Waals surface area contributed by atoms with Crippen molar-refractivity contribution in [3.8, 4) is 0 Å². The summed E-state index contributed by atoms with van der Waals surface area (Å²) in [5.74, 6) is 0. The van der Waals surface area contributed by atoms with Gasteiger partial charge in [-0.05, 0) is 5.56 Å². The first-order chi connectivity index (χ1) is 5.83. The van der Waals surface area contributed by atoms with E-state index in [1.54, 1.807) is 0 Å². The molecule has 0 amide bonds. The predicted molar refractivity (Wildman–Crippen MR) is 58.9 cm³/mol. The Bertz CT molecular complexity index is 243. The first-order valence-electron chi connectivity index (χ1n) is 3.76. The minimum absolute atomic E-state index is 0.0743. The zero-order chi connectivity index (χ0) is 8.81. The van der Waals surface area contributed by atoms with Crippen LogP contribution in [0.25, 0.3) is 6.08 Å². The molecule has 0 aromatic heterocycles. The molecule has 0 spiro atoms. The Morgan fingerprint density at radius 1 is 1.33 bits per heavy atom. The summed E-state index contributed by atoms with van der Waals surface area (Å²) in [5, 5.41) is 0.864. The molecule has 0 fully saturated rings. The molecule has 0 N–H and O–H groups in total. The van der Waals surface area contributed by atoms with Gasteiger partial charge in [0.1, 0.15) is 0 Å². The van der Waals surface area contributed by atoms with Crippen LogP contribution in [-0.2, 0) is 0 Å². The molecule has 1 atom stereocenters. The quantitative estimate of drug-likeness (QED) is 0.712. The Hall–Kier alpha value is -0.270. The monoisotopic (exact) mass is 244 g/mol. The van der Waals surface area contributed by atoms with Crippen LogP contribution in [0.3, 0.4) is 0 Å². The average Bonchev–Trinajstić information content (AvgIpc) is 2.16. The number of allylic oxidation sites excluding steroid dienone is 1. The van der Waals surface area contributed by atoms with Gasteiger partial charge >= 0.3 is 0 Å². The molecule has 0 bridgehead atoms. The maximum absolute atomic E-state index is 5.88. The fourth-order valence-corrected chi connectivity index (χ4v) is 1.12. The fraction of sp³-hybridized carbons (Fsp3) is 0.200. The van der Waals surface area contributed by atoms with E-state index >= 15 is 0 Å². The van der Waals surface area contributed by atoms with Gasteiger partial charge in [0.2, 0.25) is 0 Å². The van der Waals surface area contributed by atoms with Crippen molar-refractivity contribution < 1.29 is 0 Å². The highest BCUT2D eigenvalue weighted by atomic mass is 79.9. The number of hydrogen-bond donors (Lipinski definition) is 0. The van der Waals surface area contributed by atoms with E-state index in [4.69, 9.17) is 11.6 Å². The lowest BCUT2D eigenvalue weighted by atomic mass is 10.2. The lowest BCUT2D eigenvalue weighted by Crippen LogP contribution is -1.92. The first-order valence-corrected chi connectivity index (χ1v) is 5.32. The Morgan fingerprint density at radius 3 is 2.58 bits per heavy atom. The summed E-state index contributed by atoms with van der Waals surface area (Å²) in [6.45, 7) is 0. The van der Waals surface area contributed by atoms with E-state index in [1.165, 1.54) is 5.56 Å². The molecule has 1 unspecified atom stereocenters.